The van der Waals surface area contributed by atoms with Gasteiger partial charge in [0.05, 0.1) is 29.0 Å². The Bertz CT molecular complexity index is 1300. The largest absolute Gasteiger partial charge is 0.494 e. The Morgan fingerprint density at radius 2 is 1.63 bits per heavy atom. The van der Waals surface area contributed by atoms with Crippen molar-refractivity contribution in [3.05, 3.63) is 89.5 Å². The molecule has 3 aromatic carbocycles. The Kier molecular flexibility index (Phi) is 8.21. The number of anilines is 1. The number of nitrogens with one attached hydrogen (secondary N) is 1. The minimum absolute atomic E-state index is 0.0480. The molecule has 0 spiro atoms. The van der Waals surface area contributed by atoms with Crippen molar-refractivity contribution in [2.75, 3.05) is 17.5 Å². The zero-order valence-electron chi connectivity index (χ0n) is 19.2. The number of nitrogens with zero attached hydrogens (tertiary/aromatic N) is 2. The van der Waals surface area contributed by atoms with Crippen LogP contribution in [0.15, 0.2) is 82.8 Å². The summed E-state index contributed by atoms with van der Waals surface area (Å²) in [5, 5.41) is 12.8. The number of carboxylic acid groups (broad SMARTS) is 1. The monoisotopic (exact) mass is 495 g/mol. The summed E-state index contributed by atoms with van der Waals surface area (Å²) in [6.07, 6.45) is 1.33. The van der Waals surface area contributed by atoms with Gasteiger partial charge in [-0.2, -0.15) is 5.10 Å². The zero-order valence-corrected chi connectivity index (χ0v) is 20.0. The number of hydrogen-bond acceptors (Lipinski definition) is 6. The highest BCUT2D eigenvalue weighted by Gasteiger charge is 2.27. The van der Waals surface area contributed by atoms with E-state index in [0.717, 1.165) is 9.87 Å². The van der Waals surface area contributed by atoms with Crippen molar-refractivity contribution in [3.8, 4) is 5.75 Å². The molecule has 0 saturated heterocycles. The predicted octanol–water partition coefficient (Wildman–Crippen LogP) is 3.44. The minimum atomic E-state index is -4.06. The highest BCUT2D eigenvalue weighted by molar-refractivity contribution is 7.92. The molecule has 0 aliphatic heterocycles. The first kappa shape index (κ1) is 25.4. The Balaban J connectivity index is 1.81. The summed E-state index contributed by atoms with van der Waals surface area (Å²) in [6.45, 7) is 3.64. The van der Waals surface area contributed by atoms with Gasteiger partial charge in [0.25, 0.3) is 15.9 Å². The lowest BCUT2D eigenvalue weighted by molar-refractivity contribution is -0.119. The first-order chi connectivity index (χ1) is 16.7. The van der Waals surface area contributed by atoms with Gasteiger partial charge in [-0.25, -0.2) is 18.6 Å². The van der Waals surface area contributed by atoms with Crippen LogP contribution >= 0.6 is 0 Å². The Hall–Kier alpha value is -4.18. The third-order valence-corrected chi connectivity index (χ3v) is 6.68. The number of ether oxygens (including phenoxy) is 1. The molecule has 182 valence electrons. The van der Waals surface area contributed by atoms with Crippen LogP contribution in [0.1, 0.15) is 28.4 Å². The third kappa shape index (κ3) is 6.67. The summed E-state index contributed by atoms with van der Waals surface area (Å²) in [5.41, 5.74) is 4.19. The maximum absolute atomic E-state index is 13.4. The second-order valence-electron chi connectivity index (χ2n) is 7.47. The molecule has 10 heteroatoms. The van der Waals surface area contributed by atoms with Gasteiger partial charge < -0.3 is 9.84 Å². The molecule has 35 heavy (non-hydrogen) atoms. The lowest BCUT2D eigenvalue weighted by Gasteiger charge is -2.24. The van der Waals surface area contributed by atoms with E-state index in [-0.39, 0.29) is 16.1 Å². The molecule has 3 rings (SSSR count). The van der Waals surface area contributed by atoms with E-state index in [9.17, 15) is 18.0 Å². The summed E-state index contributed by atoms with van der Waals surface area (Å²) in [7, 11) is -4.06. The van der Waals surface area contributed by atoms with Gasteiger partial charge in [-0.1, -0.05) is 29.8 Å². The number of carboxylic acids is 1. The molecular weight excluding hydrogens is 470 g/mol. The van der Waals surface area contributed by atoms with Gasteiger partial charge >= 0.3 is 5.97 Å². The van der Waals surface area contributed by atoms with E-state index in [2.05, 4.69) is 10.5 Å². The van der Waals surface area contributed by atoms with E-state index in [1.807, 2.05) is 13.8 Å². The Morgan fingerprint density at radius 1 is 1.00 bits per heavy atom. The van der Waals surface area contributed by atoms with E-state index in [0.29, 0.717) is 17.9 Å². The molecule has 0 bridgehead atoms. The lowest BCUT2D eigenvalue weighted by Crippen LogP contribution is -2.39. The molecule has 1 amide bonds. The fourth-order valence-electron chi connectivity index (χ4n) is 3.08. The normalized spacial score (nSPS) is 11.3. The topological polar surface area (TPSA) is 125 Å². The second-order valence-corrected chi connectivity index (χ2v) is 9.33. The molecule has 3 aromatic rings. The summed E-state index contributed by atoms with van der Waals surface area (Å²) in [6, 6.07) is 18.6. The van der Waals surface area contributed by atoms with Crippen LogP contribution in [0.25, 0.3) is 0 Å². The van der Waals surface area contributed by atoms with E-state index in [1.54, 1.807) is 36.4 Å². The van der Waals surface area contributed by atoms with Crippen LogP contribution in [0, 0.1) is 6.92 Å². The standard InChI is InChI=1S/C25H25N3O6S/c1-3-34-22-12-10-21(11-13-22)28(35(32,33)23-14-4-18(2)5-15-23)17-24(29)27-26-16-19-6-8-20(9-7-19)25(30)31/h4-16H,3,17H2,1-2H3,(H,27,29)(H,30,31)/b26-16-. The summed E-state index contributed by atoms with van der Waals surface area (Å²) < 4.78 is 33.2. The van der Waals surface area contributed by atoms with Crippen molar-refractivity contribution >= 4 is 33.8 Å². The van der Waals surface area contributed by atoms with E-state index in [4.69, 9.17) is 9.84 Å². The molecule has 0 aromatic heterocycles. The maximum Gasteiger partial charge on any atom is 0.335 e. The Labute approximate surface area is 203 Å². The fourth-order valence-corrected chi connectivity index (χ4v) is 4.51. The second kappa shape index (κ2) is 11.3. The number of aromatic carboxylic acids is 1. The van der Waals surface area contributed by atoms with Crippen molar-refractivity contribution in [1.82, 2.24) is 5.43 Å². The van der Waals surface area contributed by atoms with Gasteiger partial charge in [0.2, 0.25) is 0 Å². The van der Waals surface area contributed by atoms with Gasteiger partial charge in [-0.3, -0.25) is 9.10 Å². The summed E-state index contributed by atoms with van der Waals surface area (Å²) in [5.74, 6) is -1.13. The van der Waals surface area contributed by atoms with Gasteiger partial charge in [-0.15, -0.1) is 0 Å². The van der Waals surface area contributed by atoms with Crippen molar-refractivity contribution in [3.63, 3.8) is 0 Å². The molecule has 0 aliphatic carbocycles. The molecule has 2 N–H and O–H groups in total. The van der Waals surface area contributed by atoms with Gasteiger partial charge in [0.1, 0.15) is 12.3 Å². The molecule has 0 heterocycles. The number of carbonyl (C=O) groups excluding carboxylic acids is 1. The smallest absolute Gasteiger partial charge is 0.335 e. The van der Waals surface area contributed by atoms with Crippen LogP contribution in [-0.2, 0) is 14.8 Å². The summed E-state index contributed by atoms with van der Waals surface area (Å²) in [4.78, 5) is 23.6. The number of sulfonamides is 1. The highest BCUT2D eigenvalue weighted by Crippen LogP contribution is 2.26. The average Bonchev–Trinajstić information content (AvgIpc) is 2.84. The molecule has 0 aliphatic rings. The van der Waals surface area contributed by atoms with Crippen LogP contribution in [0.4, 0.5) is 5.69 Å². The third-order valence-electron chi connectivity index (χ3n) is 4.89. The zero-order chi connectivity index (χ0) is 25.4. The summed E-state index contributed by atoms with van der Waals surface area (Å²) >= 11 is 0. The van der Waals surface area contributed by atoms with E-state index in [1.165, 1.54) is 42.6 Å². The van der Waals surface area contributed by atoms with Crippen molar-refractivity contribution < 1.29 is 27.9 Å². The number of hydrogen-bond donors (Lipinski definition) is 2. The van der Waals surface area contributed by atoms with E-state index < -0.39 is 28.4 Å². The number of amides is 1. The van der Waals surface area contributed by atoms with E-state index >= 15 is 0 Å². The molecular formula is C25H25N3O6S. The van der Waals surface area contributed by atoms with Crippen molar-refractivity contribution in [2.24, 2.45) is 5.10 Å². The average molecular weight is 496 g/mol. The SMILES string of the molecule is CCOc1ccc(N(CC(=O)N/N=C\c2ccc(C(=O)O)cc2)S(=O)(=O)c2ccc(C)cc2)cc1. The van der Waals surface area contributed by atoms with Gasteiger partial charge in [0, 0.05) is 0 Å². The number of benzene rings is 3. The van der Waals surface area contributed by atoms with Crippen LogP contribution in [0.5, 0.6) is 5.75 Å². The minimum Gasteiger partial charge on any atom is -0.494 e. The maximum atomic E-state index is 13.4. The predicted molar refractivity (Wildman–Crippen MR) is 132 cm³/mol. The first-order valence-corrected chi connectivity index (χ1v) is 12.1. The first-order valence-electron chi connectivity index (χ1n) is 10.7. The van der Waals surface area contributed by atoms with Crippen molar-refractivity contribution in [1.29, 1.82) is 0 Å². The number of carbonyl (C=O) groups is 2. The quantitative estimate of drug-likeness (QED) is 0.328. The van der Waals surface area contributed by atoms with Crippen LogP contribution < -0.4 is 14.5 Å². The van der Waals surface area contributed by atoms with Gasteiger partial charge in [0.15, 0.2) is 0 Å². The number of aryl methyl sites for hydroxylation is 1. The van der Waals surface area contributed by atoms with Crippen molar-refractivity contribution in [2.45, 2.75) is 18.7 Å². The van der Waals surface area contributed by atoms with Crippen LogP contribution in [0.2, 0.25) is 0 Å². The van der Waals surface area contributed by atoms with Crippen LogP contribution in [-0.4, -0.2) is 44.8 Å². The molecule has 0 fully saturated rings. The molecule has 9 nitrogen and oxygen atoms in total. The fraction of sp³-hybridized carbons (Fsp3) is 0.160. The lowest BCUT2D eigenvalue weighted by atomic mass is 10.1. The molecule has 0 radical (unpaired) electrons. The highest BCUT2D eigenvalue weighted by atomic mass is 32.2. The number of rotatable bonds is 10. The number of hydrazone groups is 1. The molecule has 0 atom stereocenters. The van der Waals surface area contributed by atoms with Crippen LogP contribution in [0.3, 0.4) is 0 Å². The Morgan fingerprint density at radius 3 is 2.20 bits per heavy atom. The molecule has 0 saturated carbocycles. The van der Waals surface area contributed by atoms with Gasteiger partial charge in [-0.05, 0) is 67.9 Å². The molecule has 0 unspecified atom stereocenters.